The molecule has 0 saturated heterocycles. The number of hydrogen-bond donors (Lipinski definition) is 0. The van der Waals surface area contributed by atoms with E-state index >= 15 is 0 Å². The van der Waals surface area contributed by atoms with E-state index in [9.17, 15) is 0 Å². The Labute approximate surface area is 35.5 Å². The largest absolute Gasteiger partial charge is 0.0836 e. The van der Waals surface area contributed by atoms with Gasteiger partial charge in [0.15, 0.2) is 0 Å². The molecule has 0 N–H and O–H groups in total. The minimum absolute atomic E-state index is 1.09. The number of hydrogen-bond acceptors (Lipinski definition) is 0. The van der Waals surface area contributed by atoms with Crippen molar-refractivity contribution in [1.82, 2.24) is 0 Å². The molecule has 0 aromatic heterocycles. The summed E-state index contributed by atoms with van der Waals surface area (Å²) in [6.07, 6.45) is 3.08. The average molecular weight is 86.1 g/mol. The van der Waals surface area contributed by atoms with Crippen LogP contribution in [0.25, 0.3) is 0 Å². The highest BCUT2D eigenvalue weighted by Gasteiger charge is 1.53. The molecule has 0 nitrogen and oxygen atoms in total. The molecule has 2 radical (unpaired) electrons. The average Bonchev–Trinajstić information content (AvgIpc) is 1.41. The lowest BCUT2D eigenvalue weighted by Gasteiger charge is -1.64. The molecule has 0 aromatic carbocycles. The molecule has 0 aromatic rings. The first-order chi connectivity index (χ1) is 2.41. The van der Waals surface area contributed by atoms with E-state index in [1.807, 2.05) is 6.08 Å². The van der Waals surface area contributed by atoms with E-state index < -0.39 is 0 Å². The molecule has 1 heteroatoms. The van der Waals surface area contributed by atoms with Crippen LogP contribution in [-0.2, 0) is 0 Å². The molecule has 0 fully saturated rings. The molecule has 0 rings (SSSR count). The van der Waals surface area contributed by atoms with Gasteiger partial charge in [0, 0.05) is 0 Å². The smallest absolute Gasteiger partial charge is 0.0146 e. The first-order valence-electron chi connectivity index (χ1n) is 1.71. The maximum absolute atomic E-state index is 3.82. The monoisotopic (exact) mass is 86.0 g/mol. The van der Waals surface area contributed by atoms with E-state index in [4.69, 9.17) is 0 Å². The van der Waals surface area contributed by atoms with Crippen molar-refractivity contribution in [2.45, 2.75) is 13.3 Å². The number of allylic oxidation sites excluding steroid dienone is 1. The van der Waals surface area contributed by atoms with Gasteiger partial charge in [-0.15, -0.1) is 0 Å². The van der Waals surface area contributed by atoms with Crippen molar-refractivity contribution in [2.75, 3.05) is 0 Å². The van der Waals surface area contributed by atoms with Gasteiger partial charge in [0.05, 0.1) is 0 Å². The second-order valence-corrected chi connectivity index (χ2v) is 1.09. The van der Waals surface area contributed by atoms with Crippen LogP contribution in [0.2, 0.25) is 0 Å². The van der Waals surface area contributed by atoms with E-state index in [0.717, 1.165) is 6.42 Å². The summed E-state index contributed by atoms with van der Waals surface area (Å²) in [7, 11) is 3.82. The number of rotatable bonds is 1. The molecule has 0 aliphatic heterocycles. The van der Waals surface area contributed by atoms with Crippen molar-refractivity contribution >= 4 is 9.24 Å². The molecule has 0 bridgehead atoms. The minimum atomic E-state index is 1.09. The standard InChI is InChI=1S/C4H7P/c1-2-3-4-5/h3-4H,2H2,1H3/b4-3+. The van der Waals surface area contributed by atoms with Crippen LogP contribution in [0.1, 0.15) is 13.3 Å². The van der Waals surface area contributed by atoms with Crippen molar-refractivity contribution in [3.63, 3.8) is 0 Å². The van der Waals surface area contributed by atoms with Crippen molar-refractivity contribution in [3.05, 3.63) is 11.9 Å². The van der Waals surface area contributed by atoms with Crippen molar-refractivity contribution < 1.29 is 0 Å². The van der Waals surface area contributed by atoms with Gasteiger partial charge in [-0.1, -0.05) is 18.8 Å². The molecule has 28 valence electrons. The van der Waals surface area contributed by atoms with E-state index in [2.05, 4.69) is 16.2 Å². The van der Waals surface area contributed by atoms with E-state index in [0.29, 0.717) is 0 Å². The maximum Gasteiger partial charge on any atom is -0.0146 e. The lowest BCUT2D eigenvalue weighted by Crippen LogP contribution is -1.40. The zero-order chi connectivity index (χ0) is 4.12. The van der Waals surface area contributed by atoms with Crippen LogP contribution in [0.4, 0.5) is 0 Å². The van der Waals surface area contributed by atoms with Crippen molar-refractivity contribution in [1.29, 1.82) is 0 Å². The van der Waals surface area contributed by atoms with Crippen LogP contribution in [0, 0.1) is 0 Å². The first-order valence-corrected chi connectivity index (χ1v) is 2.22. The minimum Gasteiger partial charge on any atom is -0.0836 e. The van der Waals surface area contributed by atoms with Crippen molar-refractivity contribution in [3.8, 4) is 0 Å². The second kappa shape index (κ2) is 4.17. The van der Waals surface area contributed by atoms with Crippen LogP contribution in [0.3, 0.4) is 0 Å². The summed E-state index contributed by atoms with van der Waals surface area (Å²) in [5.74, 6) is 1.75. The lowest BCUT2D eigenvalue weighted by atomic mass is 10.5. The molecule has 0 saturated carbocycles. The summed E-state index contributed by atoms with van der Waals surface area (Å²) in [6, 6.07) is 0. The summed E-state index contributed by atoms with van der Waals surface area (Å²) >= 11 is 0. The fraction of sp³-hybridized carbons (Fsp3) is 0.500. The van der Waals surface area contributed by atoms with Crippen molar-refractivity contribution in [2.24, 2.45) is 0 Å². The van der Waals surface area contributed by atoms with Gasteiger partial charge >= 0.3 is 0 Å². The molecular weight excluding hydrogens is 79.0 g/mol. The zero-order valence-electron chi connectivity index (χ0n) is 3.31. The maximum atomic E-state index is 3.82. The van der Waals surface area contributed by atoms with Gasteiger partial charge in [-0.2, -0.15) is 0 Å². The Morgan fingerprint density at radius 3 is 2.40 bits per heavy atom. The Balaban J connectivity index is 2.62. The normalized spacial score (nSPS) is 10.0. The summed E-state index contributed by atoms with van der Waals surface area (Å²) < 4.78 is 0. The second-order valence-electron chi connectivity index (χ2n) is 0.793. The third kappa shape index (κ3) is 4.17. The Morgan fingerprint density at radius 2 is 2.40 bits per heavy atom. The van der Waals surface area contributed by atoms with E-state index in [1.54, 1.807) is 5.82 Å². The van der Waals surface area contributed by atoms with Gasteiger partial charge in [-0.3, -0.25) is 0 Å². The molecule has 0 amide bonds. The molecule has 0 heterocycles. The fourth-order valence-electron chi connectivity index (χ4n) is 0.105. The van der Waals surface area contributed by atoms with Gasteiger partial charge in [-0.05, 0) is 15.7 Å². The predicted octanol–water partition coefficient (Wildman–Crippen LogP) is 2.32. The van der Waals surface area contributed by atoms with E-state index in [-0.39, 0.29) is 0 Å². The summed E-state index contributed by atoms with van der Waals surface area (Å²) in [6.45, 7) is 2.08. The Morgan fingerprint density at radius 1 is 1.80 bits per heavy atom. The van der Waals surface area contributed by atoms with Crippen LogP contribution in [0.15, 0.2) is 11.9 Å². The molecular formula is C4H7P. The molecule has 0 atom stereocenters. The third-order valence-electron chi connectivity index (χ3n) is 0.341. The van der Waals surface area contributed by atoms with Gasteiger partial charge < -0.3 is 0 Å². The molecule has 0 spiro atoms. The third-order valence-corrected chi connectivity index (χ3v) is 0.552. The molecule has 5 heavy (non-hydrogen) atoms. The fourth-order valence-corrected chi connectivity index (χ4v) is 0.316. The van der Waals surface area contributed by atoms with Crippen LogP contribution < -0.4 is 0 Å². The van der Waals surface area contributed by atoms with Gasteiger partial charge in [0.2, 0.25) is 0 Å². The Hall–Kier alpha value is 0.170. The van der Waals surface area contributed by atoms with Gasteiger partial charge in [0.1, 0.15) is 0 Å². The predicted molar refractivity (Wildman–Crippen MR) is 26.4 cm³/mol. The first kappa shape index (κ1) is 5.17. The lowest BCUT2D eigenvalue weighted by molar-refractivity contribution is 1.23. The molecule has 0 aliphatic rings. The van der Waals surface area contributed by atoms with Gasteiger partial charge in [0.25, 0.3) is 0 Å². The zero-order valence-corrected chi connectivity index (χ0v) is 4.20. The topological polar surface area (TPSA) is 0 Å². The van der Waals surface area contributed by atoms with Crippen LogP contribution in [0.5, 0.6) is 0 Å². The van der Waals surface area contributed by atoms with Crippen LogP contribution >= 0.6 is 9.24 Å². The van der Waals surface area contributed by atoms with E-state index in [1.165, 1.54) is 0 Å². The highest BCUT2D eigenvalue weighted by molar-refractivity contribution is 7.20. The highest BCUT2D eigenvalue weighted by Crippen LogP contribution is 1.84. The summed E-state index contributed by atoms with van der Waals surface area (Å²) in [5.41, 5.74) is 0. The highest BCUT2D eigenvalue weighted by atomic mass is 31.0. The summed E-state index contributed by atoms with van der Waals surface area (Å²) in [4.78, 5) is 0. The van der Waals surface area contributed by atoms with Gasteiger partial charge in [-0.25, -0.2) is 0 Å². The molecule has 0 aliphatic carbocycles. The molecule has 0 unspecified atom stereocenters. The Bertz CT molecular complexity index is 30.6. The Kier molecular flexibility index (Phi) is 4.31. The summed E-state index contributed by atoms with van der Waals surface area (Å²) in [5, 5.41) is 0. The quantitative estimate of drug-likeness (QED) is 0.429. The van der Waals surface area contributed by atoms with Crippen LogP contribution in [-0.4, -0.2) is 0 Å². The SMILES string of the molecule is CC/C=C/[P].